The Morgan fingerprint density at radius 1 is 0.277 bits per heavy atom. The van der Waals surface area contributed by atoms with Gasteiger partial charge < -0.3 is 4.90 Å². The van der Waals surface area contributed by atoms with Crippen molar-refractivity contribution in [1.82, 2.24) is 0 Å². The van der Waals surface area contributed by atoms with Crippen LogP contribution >= 0.6 is 0 Å². The van der Waals surface area contributed by atoms with Crippen molar-refractivity contribution in [2.45, 2.75) is 24.7 Å². The van der Waals surface area contributed by atoms with E-state index in [9.17, 15) is 0 Å². The first-order chi connectivity index (χ1) is 32.0. The Morgan fingerprint density at radius 3 is 1.32 bits per heavy atom. The zero-order valence-corrected chi connectivity index (χ0v) is 36.5. The molecule has 0 amide bonds. The molecule has 0 heterocycles. The number of hydrogen-bond donors (Lipinski definition) is 0. The van der Waals surface area contributed by atoms with Gasteiger partial charge in [-0.3, -0.25) is 0 Å². The number of rotatable bonds is 4. The van der Waals surface area contributed by atoms with Gasteiger partial charge in [-0.25, -0.2) is 0 Å². The van der Waals surface area contributed by atoms with Gasteiger partial charge in [0.05, 0.1) is 11.1 Å². The lowest BCUT2D eigenvalue weighted by molar-refractivity contribution is 0.660. The molecule has 1 heteroatoms. The molecule has 0 bridgehead atoms. The first-order valence-electron chi connectivity index (χ1n) is 22.8. The van der Waals surface area contributed by atoms with Crippen molar-refractivity contribution in [3.05, 3.63) is 270 Å². The highest BCUT2D eigenvalue weighted by molar-refractivity contribution is 6.03. The van der Waals surface area contributed by atoms with Crippen LogP contribution < -0.4 is 4.90 Å². The largest absolute Gasteiger partial charge is 0.310 e. The molecule has 306 valence electrons. The summed E-state index contributed by atoms with van der Waals surface area (Å²) < 4.78 is 0. The van der Waals surface area contributed by atoms with Crippen LogP contribution in [-0.4, -0.2) is 0 Å². The van der Waals surface area contributed by atoms with E-state index in [1.54, 1.807) is 0 Å². The number of benzene rings is 10. The van der Waals surface area contributed by atoms with Crippen LogP contribution in [0.3, 0.4) is 0 Å². The summed E-state index contributed by atoms with van der Waals surface area (Å²) in [6.07, 6.45) is 0. The van der Waals surface area contributed by atoms with Gasteiger partial charge >= 0.3 is 0 Å². The van der Waals surface area contributed by atoms with E-state index in [1.807, 2.05) is 0 Å². The molecule has 0 aliphatic heterocycles. The van der Waals surface area contributed by atoms with E-state index in [0.717, 1.165) is 17.1 Å². The molecule has 0 unspecified atom stereocenters. The molecule has 13 rings (SSSR count). The van der Waals surface area contributed by atoms with Crippen LogP contribution in [0.5, 0.6) is 0 Å². The summed E-state index contributed by atoms with van der Waals surface area (Å²) in [6, 6.07) is 88.8. The van der Waals surface area contributed by atoms with Crippen molar-refractivity contribution < 1.29 is 0 Å². The minimum Gasteiger partial charge on any atom is -0.310 e. The van der Waals surface area contributed by atoms with E-state index in [-0.39, 0.29) is 5.41 Å². The van der Waals surface area contributed by atoms with E-state index >= 15 is 0 Å². The molecule has 3 aliphatic carbocycles. The third kappa shape index (κ3) is 5.33. The fourth-order valence-electron chi connectivity index (χ4n) is 11.9. The molecule has 1 nitrogen and oxygen atoms in total. The zero-order valence-electron chi connectivity index (χ0n) is 36.5. The predicted molar refractivity (Wildman–Crippen MR) is 271 cm³/mol. The van der Waals surface area contributed by atoms with E-state index in [1.165, 1.54) is 100 Å². The average molecular weight is 828 g/mol. The molecule has 0 atom stereocenters. The van der Waals surface area contributed by atoms with Gasteiger partial charge in [-0.05, 0) is 131 Å². The topological polar surface area (TPSA) is 3.24 Å². The average Bonchev–Trinajstić information content (AvgIpc) is 3.80. The molecule has 10 aromatic carbocycles. The van der Waals surface area contributed by atoms with Crippen LogP contribution in [0.1, 0.15) is 47.2 Å². The smallest absolute Gasteiger partial charge is 0.0726 e. The first kappa shape index (κ1) is 37.5. The second-order valence-corrected chi connectivity index (χ2v) is 18.3. The minimum absolute atomic E-state index is 0.224. The molecular formula is C64H45N. The van der Waals surface area contributed by atoms with E-state index in [2.05, 4.69) is 255 Å². The van der Waals surface area contributed by atoms with Gasteiger partial charge in [-0.1, -0.05) is 214 Å². The zero-order chi connectivity index (χ0) is 43.3. The summed E-state index contributed by atoms with van der Waals surface area (Å²) in [4.78, 5) is 2.53. The number of fused-ring (bicyclic) bond motifs is 17. The summed E-state index contributed by atoms with van der Waals surface area (Å²) in [6.45, 7) is 4.79. The Labute approximate surface area is 381 Å². The van der Waals surface area contributed by atoms with Crippen molar-refractivity contribution in [3.8, 4) is 66.8 Å². The molecule has 0 aromatic heterocycles. The third-order valence-electron chi connectivity index (χ3n) is 14.7. The molecule has 3 aliphatic rings. The Hall–Kier alpha value is -8.00. The van der Waals surface area contributed by atoms with Gasteiger partial charge in [0.25, 0.3) is 0 Å². The second kappa shape index (κ2) is 14.3. The minimum atomic E-state index is -0.653. The number of nitrogens with zero attached hydrogens (tertiary/aromatic N) is 1. The Morgan fingerprint density at radius 2 is 0.708 bits per heavy atom. The van der Waals surface area contributed by atoms with Crippen LogP contribution in [0.2, 0.25) is 0 Å². The maximum atomic E-state index is 2.53. The van der Waals surface area contributed by atoms with Gasteiger partial charge in [-0.15, -0.1) is 0 Å². The molecule has 0 radical (unpaired) electrons. The normalized spacial score (nSPS) is 13.9. The number of anilines is 3. The van der Waals surface area contributed by atoms with E-state index in [4.69, 9.17) is 0 Å². The molecule has 10 aromatic rings. The summed E-state index contributed by atoms with van der Waals surface area (Å²) in [5.74, 6) is 0. The maximum Gasteiger partial charge on any atom is 0.0726 e. The number of para-hydroxylation sites is 1. The van der Waals surface area contributed by atoms with Crippen LogP contribution in [0.15, 0.2) is 237 Å². The lowest BCUT2D eigenvalue weighted by Gasteiger charge is -2.38. The summed E-state index contributed by atoms with van der Waals surface area (Å²) in [5.41, 5.74) is 25.4. The SMILES string of the molecule is CC1(C)c2cc(-c3ccccc3)ccc2-c2ccc(N(c3ccccc3)c3cccc4c3-c3ccccc3-c3ccccc3-c3ccccc3C43c4ccccc4-c4ccccc43)cc21. The summed E-state index contributed by atoms with van der Waals surface area (Å²) in [7, 11) is 0. The fourth-order valence-corrected chi connectivity index (χ4v) is 11.9. The van der Waals surface area contributed by atoms with Crippen molar-refractivity contribution in [1.29, 1.82) is 0 Å². The lowest BCUT2D eigenvalue weighted by atomic mass is 9.64. The highest BCUT2D eigenvalue weighted by atomic mass is 15.1. The summed E-state index contributed by atoms with van der Waals surface area (Å²) >= 11 is 0. The first-order valence-corrected chi connectivity index (χ1v) is 22.8. The Kier molecular flexibility index (Phi) is 8.24. The van der Waals surface area contributed by atoms with Gasteiger partial charge in [0.15, 0.2) is 0 Å². The third-order valence-corrected chi connectivity index (χ3v) is 14.7. The molecule has 0 N–H and O–H groups in total. The van der Waals surface area contributed by atoms with Crippen LogP contribution in [0, 0.1) is 0 Å². The summed E-state index contributed by atoms with van der Waals surface area (Å²) in [5, 5.41) is 0. The fraction of sp³-hybridized carbons (Fsp3) is 0.0625. The highest BCUT2D eigenvalue weighted by Gasteiger charge is 2.49. The highest BCUT2D eigenvalue weighted by Crippen LogP contribution is 2.62. The van der Waals surface area contributed by atoms with Crippen LogP contribution in [0.25, 0.3) is 66.8 Å². The van der Waals surface area contributed by atoms with Crippen molar-refractivity contribution in [2.75, 3.05) is 4.90 Å². The lowest BCUT2D eigenvalue weighted by Crippen LogP contribution is -2.30. The van der Waals surface area contributed by atoms with Gasteiger partial charge in [0.1, 0.15) is 0 Å². The van der Waals surface area contributed by atoms with Crippen molar-refractivity contribution >= 4 is 17.1 Å². The van der Waals surface area contributed by atoms with Gasteiger partial charge in [0.2, 0.25) is 0 Å². The molecule has 1 spiro atoms. The molecule has 0 saturated carbocycles. The molecule has 0 fully saturated rings. The molecular weight excluding hydrogens is 783 g/mol. The predicted octanol–water partition coefficient (Wildman–Crippen LogP) is 16.8. The van der Waals surface area contributed by atoms with Gasteiger partial charge in [-0.2, -0.15) is 0 Å². The Bertz CT molecular complexity index is 3480. The van der Waals surface area contributed by atoms with Crippen molar-refractivity contribution in [2.24, 2.45) is 0 Å². The monoisotopic (exact) mass is 827 g/mol. The van der Waals surface area contributed by atoms with Crippen molar-refractivity contribution in [3.63, 3.8) is 0 Å². The standard InChI is InChI=1S/C64H45N/c1-63(2)59-40-43(42-20-5-3-6-21-42)36-38-52(59)53-39-37-45(41-60(53)63)65(44-22-7-4-8-23-44)61-35-19-34-58-62(61)54-30-12-11-26-48(54)46-24-9-10-25-47(46)49-27-13-16-31-55(49)64(58)56-32-17-14-28-50(56)51-29-15-18-33-57(51)64/h3-41H,1-2H3. The van der Waals surface area contributed by atoms with E-state index < -0.39 is 5.41 Å². The van der Waals surface area contributed by atoms with Crippen LogP contribution in [0.4, 0.5) is 17.1 Å². The van der Waals surface area contributed by atoms with Gasteiger partial charge in [0, 0.05) is 22.4 Å². The van der Waals surface area contributed by atoms with Crippen LogP contribution in [-0.2, 0) is 10.8 Å². The Balaban J connectivity index is 1.13. The van der Waals surface area contributed by atoms with E-state index in [0.29, 0.717) is 0 Å². The number of hydrogen-bond acceptors (Lipinski definition) is 1. The molecule has 65 heavy (non-hydrogen) atoms. The quantitative estimate of drug-likeness (QED) is 0.171. The molecule has 0 saturated heterocycles. The second-order valence-electron chi connectivity index (χ2n) is 18.3. The maximum absolute atomic E-state index is 2.53.